The van der Waals surface area contributed by atoms with Crippen LogP contribution in [0.5, 0.6) is 0 Å². The summed E-state index contributed by atoms with van der Waals surface area (Å²) >= 11 is 0. The summed E-state index contributed by atoms with van der Waals surface area (Å²) in [6.07, 6.45) is 0.181. The zero-order valence-corrected chi connectivity index (χ0v) is 15.7. The lowest BCUT2D eigenvalue weighted by Crippen LogP contribution is -2.31. The number of nitrogens with zero attached hydrogens (tertiary/aromatic N) is 5. The van der Waals surface area contributed by atoms with Crippen LogP contribution < -0.4 is 5.73 Å². The molecule has 0 saturated carbocycles. The minimum atomic E-state index is 0.0390. The van der Waals surface area contributed by atoms with Gasteiger partial charge in [0.1, 0.15) is 0 Å². The fourth-order valence-corrected chi connectivity index (χ4v) is 3.92. The molecule has 0 bridgehead atoms. The molecule has 1 aliphatic heterocycles. The summed E-state index contributed by atoms with van der Waals surface area (Å²) in [5.41, 5.74) is 9.07. The number of hydrogen-bond acceptors (Lipinski definition) is 5. The second kappa shape index (κ2) is 7.08. The maximum Gasteiger partial charge on any atom is 0.252 e. The number of rotatable bonds is 4. The lowest BCUT2D eigenvalue weighted by atomic mass is 9.89. The van der Waals surface area contributed by atoms with Crippen molar-refractivity contribution in [2.75, 3.05) is 19.6 Å². The van der Waals surface area contributed by atoms with Gasteiger partial charge in [-0.2, -0.15) is 4.98 Å². The standard InChI is InChI=1S/C20H24N6O/c1-13-8-14(2)26-20(22-13)23-18(24-26)9-19(27)25-11-16(10-21)17(12-25)15-6-4-3-5-7-15/h3-8,16-17H,9-12,21H2,1-2H3/t16-,17+/m1/s1. The van der Waals surface area contributed by atoms with Crippen molar-refractivity contribution in [3.05, 3.63) is 59.2 Å². The minimum absolute atomic E-state index is 0.0390. The molecule has 2 atom stereocenters. The highest BCUT2D eigenvalue weighted by molar-refractivity contribution is 5.78. The summed E-state index contributed by atoms with van der Waals surface area (Å²) < 4.78 is 1.69. The quantitative estimate of drug-likeness (QED) is 0.757. The highest BCUT2D eigenvalue weighted by Crippen LogP contribution is 2.32. The van der Waals surface area contributed by atoms with E-state index < -0.39 is 0 Å². The number of aryl methyl sites for hydroxylation is 2. The molecular formula is C20H24N6O. The van der Waals surface area contributed by atoms with Crippen molar-refractivity contribution in [3.63, 3.8) is 0 Å². The van der Waals surface area contributed by atoms with Gasteiger partial charge in [0.2, 0.25) is 5.91 Å². The van der Waals surface area contributed by atoms with Gasteiger partial charge >= 0.3 is 0 Å². The Balaban J connectivity index is 1.51. The van der Waals surface area contributed by atoms with Gasteiger partial charge in [-0.25, -0.2) is 9.50 Å². The van der Waals surface area contributed by atoms with Crippen LogP contribution in [-0.2, 0) is 11.2 Å². The molecule has 0 unspecified atom stereocenters. The Hall–Kier alpha value is -2.80. The van der Waals surface area contributed by atoms with Gasteiger partial charge in [-0.05, 0) is 37.9 Å². The minimum Gasteiger partial charge on any atom is -0.341 e. The van der Waals surface area contributed by atoms with Gasteiger partial charge in [0, 0.05) is 30.4 Å². The van der Waals surface area contributed by atoms with E-state index in [1.807, 2.05) is 43.0 Å². The lowest BCUT2D eigenvalue weighted by molar-refractivity contribution is -0.129. The van der Waals surface area contributed by atoms with E-state index in [9.17, 15) is 4.79 Å². The zero-order valence-electron chi connectivity index (χ0n) is 15.7. The van der Waals surface area contributed by atoms with Crippen molar-refractivity contribution >= 4 is 11.7 Å². The normalized spacial score (nSPS) is 19.7. The maximum atomic E-state index is 12.9. The van der Waals surface area contributed by atoms with Gasteiger partial charge in [0.15, 0.2) is 5.82 Å². The van der Waals surface area contributed by atoms with E-state index >= 15 is 0 Å². The summed E-state index contributed by atoms with van der Waals surface area (Å²) in [6.45, 7) is 5.82. The summed E-state index contributed by atoms with van der Waals surface area (Å²) in [5, 5.41) is 4.45. The molecule has 1 amide bonds. The average Bonchev–Trinajstić information content (AvgIpc) is 3.26. The van der Waals surface area contributed by atoms with E-state index in [1.165, 1.54) is 5.56 Å². The van der Waals surface area contributed by atoms with Crippen molar-refractivity contribution in [3.8, 4) is 0 Å². The van der Waals surface area contributed by atoms with Gasteiger partial charge in [0.25, 0.3) is 5.78 Å². The fraction of sp³-hybridized carbons (Fsp3) is 0.400. The van der Waals surface area contributed by atoms with E-state index in [4.69, 9.17) is 5.73 Å². The van der Waals surface area contributed by atoms with Crippen LogP contribution in [-0.4, -0.2) is 50.0 Å². The van der Waals surface area contributed by atoms with Crippen molar-refractivity contribution in [2.24, 2.45) is 11.7 Å². The molecule has 2 aromatic heterocycles. The molecule has 1 fully saturated rings. The molecule has 27 heavy (non-hydrogen) atoms. The number of likely N-dealkylation sites (tertiary alicyclic amines) is 1. The van der Waals surface area contributed by atoms with Crippen LogP contribution in [0.3, 0.4) is 0 Å². The first-order valence-electron chi connectivity index (χ1n) is 9.28. The van der Waals surface area contributed by atoms with Crippen molar-refractivity contribution in [2.45, 2.75) is 26.2 Å². The topological polar surface area (TPSA) is 89.4 Å². The van der Waals surface area contributed by atoms with Crippen LogP contribution in [0.2, 0.25) is 0 Å². The number of nitrogens with two attached hydrogens (primary N) is 1. The predicted octanol–water partition coefficient (Wildman–Crippen LogP) is 1.48. The summed E-state index contributed by atoms with van der Waals surface area (Å²) in [7, 11) is 0. The third-order valence-electron chi connectivity index (χ3n) is 5.30. The lowest BCUT2D eigenvalue weighted by Gasteiger charge is -2.16. The molecule has 4 rings (SSSR count). The number of hydrogen-bond donors (Lipinski definition) is 1. The number of benzene rings is 1. The predicted molar refractivity (Wildman–Crippen MR) is 102 cm³/mol. The van der Waals surface area contributed by atoms with Gasteiger partial charge in [0.05, 0.1) is 6.42 Å². The molecule has 0 spiro atoms. The second-order valence-corrected chi connectivity index (χ2v) is 7.27. The SMILES string of the molecule is Cc1cc(C)n2nc(CC(=O)N3C[C@@H](CN)[C@H](c4ccccc4)C3)nc2n1. The largest absolute Gasteiger partial charge is 0.341 e. The zero-order chi connectivity index (χ0) is 19.0. The Bertz CT molecular complexity index is 967. The Morgan fingerprint density at radius 3 is 2.70 bits per heavy atom. The molecule has 0 aliphatic carbocycles. The molecule has 3 aromatic rings. The summed E-state index contributed by atoms with van der Waals surface area (Å²) in [6, 6.07) is 12.2. The van der Waals surface area contributed by atoms with Crippen LogP contribution in [0.4, 0.5) is 0 Å². The molecule has 3 heterocycles. The van der Waals surface area contributed by atoms with Gasteiger partial charge < -0.3 is 10.6 Å². The smallest absolute Gasteiger partial charge is 0.252 e. The Morgan fingerprint density at radius 2 is 1.96 bits per heavy atom. The van der Waals surface area contributed by atoms with Crippen LogP contribution in [0.15, 0.2) is 36.4 Å². The Labute approximate surface area is 158 Å². The molecule has 1 aliphatic rings. The molecule has 7 heteroatoms. The number of carbonyl (C=O) groups excluding carboxylic acids is 1. The van der Waals surface area contributed by atoms with E-state index in [-0.39, 0.29) is 24.2 Å². The average molecular weight is 364 g/mol. The molecule has 1 saturated heterocycles. The molecule has 0 radical (unpaired) electrons. The summed E-state index contributed by atoms with van der Waals surface area (Å²) in [5.74, 6) is 1.64. The first-order valence-corrected chi connectivity index (χ1v) is 9.28. The monoisotopic (exact) mass is 364 g/mol. The highest BCUT2D eigenvalue weighted by Gasteiger charge is 2.35. The fourth-order valence-electron chi connectivity index (χ4n) is 3.92. The van der Waals surface area contributed by atoms with Gasteiger partial charge in [-0.3, -0.25) is 4.79 Å². The second-order valence-electron chi connectivity index (χ2n) is 7.27. The Morgan fingerprint density at radius 1 is 1.19 bits per heavy atom. The van der Waals surface area contributed by atoms with E-state index in [1.54, 1.807) is 4.52 Å². The molecule has 2 N–H and O–H groups in total. The molecular weight excluding hydrogens is 340 g/mol. The first-order chi connectivity index (χ1) is 13.0. The van der Waals surface area contributed by atoms with Crippen LogP contribution in [0.25, 0.3) is 5.78 Å². The van der Waals surface area contributed by atoms with E-state index in [2.05, 4.69) is 27.2 Å². The van der Waals surface area contributed by atoms with Gasteiger partial charge in [-0.1, -0.05) is 30.3 Å². The maximum absolute atomic E-state index is 12.9. The van der Waals surface area contributed by atoms with Crippen LogP contribution in [0, 0.1) is 19.8 Å². The third-order valence-corrected chi connectivity index (χ3v) is 5.30. The van der Waals surface area contributed by atoms with Crippen LogP contribution in [0.1, 0.15) is 28.7 Å². The Kier molecular flexibility index (Phi) is 4.61. The van der Waals surface area contributed by atoms with Crippen molar-refractivity contribution in [1.29, 1.82) is 0 Å². The molecule has 140 valence electrons. The summed E-state index contributed by atoms with van der Waals surface area (Å²) in [4.78, 5) is 23.6. The van der Waals surface area contributed by atoms with Gasteiger partial charge in [-0.15, -0.1) is 5.10 Å². The number of fused-ring (bicyclic) bond motifs is 1. The van der Waals surface area contributed by atoms with E-state index in [0.717, 1.165) is 11.4 Å². The highest BCUT2D eigenvalue weighted by atomic mass is 16.2. The number of aromatic nitrogens is 4. The van der Waals surface area contributed by atoms with Crippen LogP contribution >= 0.6 is 0 Å². The number of carbonyl (C=O) groups is 1. The number of amides is 1. The van der Waals surface area contributed by atoms with Crippen molar-refractivity contribution in [1.82, 2.24) is 24.5 Å². The molecule has 7 nitrogen and oxygen atoms in total. The third kappa shape index (κ3) is 3.42. The molecule has 1 aromatic carbocycles. The van der Waals surface area contributed by atoms with Crippen molar-refractivity contribution < 1.29 is 4.79 Å². The van der Waals surface area contributed by atoms with E-state index in [0.29, 0.717) is 31.2 Å². The first kappa shape index (κ1) is 17.6.